The van der Waals surface area contributed by atoms with Gasteiger partial charge in [0.1, 0.15) is 0 Å². The standard InChI is InChI=1S/C22H19N3OS/c1-15(2)18-11-8-17(9-12-18)14-19-21(26)25-22(27-19)23-20(24-25)13-10-16-6-4-3-5-7-16/h3-15H,1-2H3/b13-10+,19-14+. The van der Waals surface area contributed by atoms with Crippen LogP contribution in [0.5, 0.6) is 0 Å². The van der Waals surface area contributed by atoms with Gasteiger partial charge in [-0.15, -0.1) is 5.10 Å². The summed E-state index contributed by atoms with van der Waals surface area (Å²) in [6, 6.07) is 18.2. The lowest BCUT2D eigenvalue weighted by molar-refractivity contribution is 0.866. The molecule has 4 nitrogen and oxygen atoms in total. The smallest absolute Gasteiger partial charge is 0.266 e. The minimum absolute atomic E-state index is 0.130. The number of nitrogens with zero attached hydrogens (tertiary/aromatic N) is 3. The minimum Gasteiger partial charge on any atom is -0.266 e. The second kappa shape index (κ2) is 7.29. The van der Waals surface area contributed by atoms with Crippen LogP contribution in [0.2, 0.25) is 0 Å². The predicted molar refractivity (Wildman–Crippen MR) is 112 cm³/mol. The zero-order chi connectivity index (χ0) is 18.8. The molecule has 0 amide bonds. The maximum atomic E-state index is 12.6. The van der Waals surface area contributed by atoms with E-state index in [1.54, 1.807) is 0 Å². The van der Waals surface area contributed by atoms with Crippen LogP contribution in [-0.4, -0.2) is 14.6 Å². The van der Waals surface area contributed by atoms with Gasteiger partial charge < -0.3 is 0 Å². The molecule has 0 bridgehead atoms. The summed E-state index contributed by atoms with van der Waals surface area (Å²) in [6.07, 6.45) is 5.66. The molecule has 0 aliphatic carbocycles. The highest BCUT2D eigenvalue weighted by molar-refractivity contribution is 7.15. The zero-order valence-corrected chi connectivity index (χ0v) is 16.0. The molecule has 0 N–H and O–H groups in total. The van der Waals surface area contributed by atoms with E-state index in [0.29, 0.717) is 21.2 Å². The van der Waals surface area contributed by atoms with Crippen molar-refractivity contribution in [3.8, 4) is 0 Å². The van der Waals surface area contributed by atoms with Crippen LogP contribution in [0, 0.1) is 0 Å². The summed E-state index contributed by atoms with van der Waals surface area (Å²) in [7, 11) is 0. The molecule has 0 aliphatic heterocycles. The molecule has 0 saturated carbocycles. The van der Waals surface area contributed by atoms with Crippen LogP contribution < -0.4 is 10.1 Å². The highest BCUT2D eigenvalue weighted by atomic mass is 32.1. The molecule has 4 rings (SSSR count). The van der Waals surface area contributed by atoms with E-state index in [4.69, 9.17) is 0 Å². The van der Waals surface area contributed by atoms with Gasteiger partial charge in [0.15, 0.2) is 5.82 Å². The van der Waals surface area contributed by atoms with Gasteiger partial charge in [-0.05, 0) is 34.8 Å². The Morgan fingerprint density at radius 1 is 0.963 bits per heavy atom. The summed E-state index contributed by atoms with van der Waals surface area (Å²) in [5.41, 5.74) is 3.23. The van der Waals surface area contributed by atoms with E-state index in [1.807, 2.05) is 60.7 Å². The first-order valence-electron chi connectivity index (χ1n) is 8.84. The molecule has 134 valence electrons. The maximum Gasteiger partial charge on any atom is 0.291 e. The van der Waals surface area contributed by atoms with Crippen molar-refractivity contribution >= 4 is 34.5 Å². The number of thiazole rings is 1. The van der Waals surface area contributed by atoms with Crippen molar-refractivity contribution in [3.63, 3.8) is 0 Å². The first-order valence-corrected chi connectivity index (χ1v) is 9.66. The molecular weight excluding hydrogens is 354 g/mol. The monoisotopic (exact) mass is 373 g/mol. The second-order valence-corrected chi connectivity index (χ2v) is 7.65. The van der Waals surface area contributed by atoms with Crippen LogP contribution in [0.1, 0.15) is 42.3 Å². The van der Waals surface area contributed by atoms with E-state index >= 15 is 0 Å². The molecule has 0 atom stereocenters. The van der Waals surface area contributed by atoms with Crippen molar-refractivity contribution in [3.05, 3.63) is 92.0 Å². The van der Waals surface area contributed by atoms with E-state index in [9.17, 15) is 4.79 Å². The fraction of sp³-hybridized carbons (Fsp3) is 0.136. The highest BCUT2D eigenvalue weighted by Gasteiger charge is 2.09. The van der Waals surface area contributed by atoms with Crippen molar-refractivity contribution in [1.29, 1.82) is 0 Å². The molecular formula is C22H19N3OS. The van der Waals surface area contributed by atoms with Gasteiger partial charge in [0, 0.05) is 0 Å². The average molecular weight is 373 g/mol. The van der Waals surface area contributed by atoms with Crippen molar-refractivity contribution in [2.45, 2.75) is 19.8 Å². The fourth-order valence-corrected chi connectivity index (χ4v) is 3.70. The number of hydrogen-bond acceptors (Lipinski definition) is 4. The van der Waals surface area contributed by atoms with E-state index in [0.717, 1.165) is 11.1 Å². The normalized spacial score (nSPS) is 12.6. The number of benzene rings is 2. The lowest BCUT2D eigenvalue weighted by Gasteiger charge is -2.04. The maximum absolute atomic E-state index is 12.6. The first-order chi connectivity index (χ1) is 13.1. The van der Waals surface area contributed by atoms with E-state index < -0.39 is 0 Å². The molecule has 5 heteroatoms. The van der Waals surface area contributed by atoms with Crippen LogP contribution in [0.4, 0.5) is 0 Å². The van der Waals surface area contributed by atoms with E-state index in [2.05, 4.69) is 36.1 Å². The van der Waals surface area contributed by atoms with Gasteiger partial charge in [-0.1, -0.05) is 85.9 Å². The Bertz CT molecular complexity index is 1200. The summed E-state index contributed by atoms with van der Waals surface area (Å²) in [6.45, 7) is 4.33. The fourth-order valence-electron chi connectivity index (χ4n) is 2.78. The average Bonchev–Trinajstić information content (AvgIpc) is 3.20. The Kier molecular flexibility index (Phi) is 4.69. The predicted octanol–water partition coefficient (Wildman–Crippen LogP) is 3.99. The molecule has 2 heterocycles. The molecule has 2 aromatic carbocycles. The largest absolute Gasteiger partial charge is 0.291 e. The molecule has 0 saturated heterocycles. The molecule has 0 unspecified atom stereocenters. The lowest BCUT2D eigenvalue weighted by atomic mass is 10.0. The number of rotatable bonds is 4. The molecule has 0 spiro atoms. The SMILES string of the molecule is CC(C)c1ccc(/C=c2/sc3nc(/C=C/c4ccccc4)nn3c2=O)cc1. The van der Waals surface area contributed by atoms with Gasteiger partial charge in [0.05, 0.1) is 4.53 Å². The molecule has 4 aromatic rings. The van der Waals surface area contributed by atoms with Crippen molar-refractivity contribution in [2.24, 2.45) is 0 Å². The Balaban J connectivity index is 1.64. The van der Waals surface area contributed by atoms with E-state index in [1.165, 1.54) is 21.4 Å². The Morgan fingerprint density at radius 3 is 2.37 bits per heavy atom. The topological polar surface area (TPSA) is 47.3 Å². The second-order valence-electron chi connectivity index (χ2n) is 6.65. The summed E-state index contributed by atoms with van der Waals surface area (Å²) < 4.78 is 2.02. The summed E-state index contributed by atoms with van der Waals surface area (Å²) >= 11 is 1.36. The van der Waals surface area contributed by atoms with Gasteiger partial charge >= 0.3 is 0 Å². The lowest BCUT2D eigenvalue weighted by Crippen LogP contribution is -2.23. The summed E-state index contributed by atoms with van der Waals surface area (Å²) in [5.74, 6) is 1.03. The Morgan fingerprint density at radius 2 is 1.70 bits per heavy atom. The van der Waals surface area contributed by atoms with Crippen molar-refractivity contribution in [2.75, 3.05) is 0 Å². The first kappa shape index (κ1) is 17.4. The van der Waals surface area contributed by atoms with Crippen molar-refractivity contribution < 1.29 is 0 Å². The quantitative estimate of drug-likeness (QED) is 0.543. The van der Waals surface area contributed by atoms with Gasteiger partial charge in [-0.2, -0.15) is 9.50 Å². The molecule has 0 aliphatic rings. The van der Waals surface area contributed by atoms with Gasteiger partial charge in [-0.25, -0.2) is 0 Å². The third-order valence-corrected chi connectivity index (χ3v) is 5.28. The van der Waals surface area contributed by atoms with Crippen LogP contribution in [0.15, 0.2) is 59.4 Å². The minimum atomic E-state index is -0.130. The number of fused-ring (bicyclic) bond motifs is 1. The Labute approximate surface area is 161 Å². The van der Waals surface area contributed by atoms with Crippen LogP contribution >= 0.6 is 11.3 Å². The molecule has 27 heavy (non-hydrogen) atoms. The van der Waals surface area contributed by atoms with Gasteiger partial charge in [0.25, 0.3) is 5.56 Å². The van der Waals surface area contributed by atoms with E-state index in [-0.39, 0.29) is 5.56 Å². The molecule has 0 radical (unpaired) electrons. The van der Waals surface area contributed by atoms with Crippen molar-refractivity contribution in [1.82, 2.24) is 14.6 Å². The van der Waals surface area contributed by atoms with Crippen LogP contribution in [-0.2, 0) is 0 Å². The third kappa shape index (κ3) is 3.73. The Hall–Kier alpha value is -3.05. The van der Waals surface area contributed by atoms with Gasteiger partial charge in [0.2, 0.25) is 4.96 Å². The van der Waals surface area contributed by atoms with Crippen LogP contribution in [0.3, 0.4) is 0 Å². The zero-order valence-electron chi connectivity index (χ0n) is 15.2. The molecule has 0 fully saturated rings. The summed E-state index contributed by atoms with van der Waals surface area (Å²) in [4.78, 5) is 17.7. The summed E-state index contributed by atoms with van der Waals surface area (Å²) in [5, 5.41) is 4.32. The van der Waals surface area contributed by atoms with Gasteiger partial charge in [-0.3, -0.25) is 4.79 Å². The highest BCUT2D eigenvalue weighted by Crippen LogP contribution is 2.15. The van der Waals surface area contributed by atoms with Crippen LogP contribution in [0.25, 0.3) is 23.2 Å². The number of aromatic nitrogens is 3. The third-order valence-electron chi connectivity index (χ3n) is 4.32. The molecule has 2 aromatic heterocycles. The number of hydrogen-bond donors (Lipinski definition) is 0.